The Morgan fingerprint density at radius 2 is 2.10 bits per heavy atom. The van der Waals surface area contributed by atoms with Gasteiger partial charge in [-0.3, -0.25) is 10.1 Å². The summed E-state index contributed by atoms with van der Waals surface area (Å²) in [4.78, 5) is 23.9. The summed E-state index contributed by atoms with van der Waals surface area (Å²) in [5.41, 5.74) is -1.94. The maximum atomic E-state index is 13.9. The third-order valence-corrected chi connectivity index (χ3v) is 2.47. The molecular formula is C11H6F2N2O5. The number of carbonyl (C=O) groups is 1. The molecule has 0 aliphatic carbocycles. The van der Waals surface area contributed by atoms with Gasteiger partial charge in [-0.2, -0.15) is 4.39 Å². The Labute approximate surface area is 109 Å². The average molecular weight is 284 g/mol. The van der Waals surface area contributed by atoms with Gasteiger partial charge in [-0.15, -0.1) is 0 Å². The first-order valence-electron chi connectivity index (χ1n) is 5.16. The summed E-state index contributed by atoms with van der Waals surface area (Å²) in [5, 5.41) is 19.4. The van der Waals surface area contributed by atoms with Gasteiger partial charge in [-0.1, -0.05) is 0 Å². The highest BCUT2D eigenvalue weighted by molar-refractivity contribution is 5.86. The van der Waals surface area contributed by atoms with E-state index in [-0.39, 0.29) is 5.69 Å². The van der Waals surface area contributed by atoms with Crippen LogP contribution in [-0.2, 0) is 0 Å². The monoisotopic (exact) mass is 284 g/mol. The molecule has 7 nitrogen and oxygen atoms in total. The molecule has 2 rings (SSSR count). The van der Waals surface area contributed by atoms with E-state index in [1.165, 1.54) is 6.92 Å². The first-order valence-corrected chi connectivity index (χ1v) is 5.16. The van der Waals surface area contributed by atoms with Gasteiger partial charge in [0.2, 0.25) is 17.5 Å². The molecule has 0 amide bonds. The molecule has 20 heavy (non-hydrogen) atoms. The number of carboxylic acids is 1. The molecule has 0 aliphatic rings. The van der Waals surface area contributed by atoms with Crippen molar-refractivity contribution in [3.8, 4) is 11.5 Å². The lowest BCUT2D eigenvalue weighted by atomic mass is 10.1. The number of benzene rings is 1. The molecule has 0 radical (unpaired) electrons. The molecule has 2 aromatic rings. The number of oxazole rings is 1. The lowest BCUT2D eigenvalue weighted by Gasteiger charge is -2.01. The zero-order valence-electron chi connectivity index (χ0n) is 9.89. The van der Waals surface area contributed by atoms with Crippen LogP contribution in [0.25, 0.3) is 11.5 Å². The molecule has 0 saturated heterocycles. The highest BCUT2D eigenvalue weighted by Crippen LogP contribution is 2.32. The second-order valence-corrected chi connectivity index (χ2v) is 3.75. The summed E-state index contributed by atoms with van der Waals surface area (Å²) in [6, 6.07) is 1.33. The zero-order chi connectivity index (χ0) is 15.0. The number of aromatic nitrogens is 1. The molecule has 1 N–H and O–H groups in total. The fourth-order valence-corrected chi connectivity index (χ4v) is 1.58. The Bertz CT molecular complexity index is 726. The van der Waals surface area contributed by atoms with Crippen LogP contribution >= 0.6 is 0 Å². The van der Waals surface area contributed by atoms with Gasteiger partial charge in [0.1, 0.15) is 11.4 Å². The molecule has 0 aliphatic heterocycles. The third kappa shape index (κ3) is 2.09. The van der Waals surface area contributed by atoms with Crippen molar-refractivity contribution in [2.24, 2.45) is 0 Å². The van der Waals surface area contributed by atoms with E-state index in [1.54, 1.807) is 0 Å². The fraction of sp³-hybridized carbons (Fsp3) is 0.0909. The van der Waals surface area contributed by atoms with Crippen molar-refractivity contribution < 1.29 is 28.0 Å². The van der Waals surface area contributed by atoms with Crippen LogP contribution in [0.5, 0.6) is 0 Å². The fourth-order valence-electron chi connectivity index (χ4n) is 1.58. The molecule has 0 unspecified atom stereocenters. The smallest absolute Gasteiger partial charge is 0.373 e. The Hall–Kier alpha value is -2.84. The summed E-state index contributed by atoms with van der Waals surface area (Å²) < 4.78 is 32.2. The van der Waals surface area contributed by atoms with E-state index in [9.17, 15) is 23.7 Å². The van der Waals surface area contributed by atoms with Crippen LogP contribution in [0, 0.1) is 28.7 Å². The Morgan fingerprint density at radius 3 is 2.60 bits per heavy atom. The predicted octanol–water partition coefficient (Wildman–Crippen LogP) is 2.53. The van der Waals surface area contributed by atoms with E-state index in [4.69, 9.17) is 9.52 Å². The van der Waals surface area contributed by atoms with Crippen molar-refractivity contribution in [2.75, 3.05) is 0 Å². The minimum Gasteiger partial charge on any atom is -0.475 e. The quantitative estimate of drug-likeness (QED) is 0.685. The number of nitro benzene ring substituents is 1. The summed E-state index contributed by atoms with van der Waals surface area (Å²) in [7, 11) is 0. The number of halogens is 2. The van der Waals surface area contributed by atoms with Gasteiger partial charge < -0.3 is 9.52 Å². The van der Waals surface area contributed by atoms with E-state index in [1.807, 2.05) is 0 Å². The van der Waals surface area contributed by atoms with Crippen LogP contribution < -0.4 is 0 Å². The topological polar surface area (TPSA) is 106 Å². The average Bonchev–Trinajstić information content (AvgIpc) is 2.70. The van der Waals surface area contributed by atoms with Crippen molar-refractivity contribution in [1.29, 1.82) is 0 Å². The number of rotatable bonds is 3. The Balaban J connectivity index is 2.69. The summed E-state index contributed by atoms with van der Waals surface area (Å²) in [5.74, 6) is -5.35. The summed E-state index contributed by atoms with van der Waals surface area (Å²) >= 11 is 0. The van der Waals surface area contributed by atoms with Crippen molar-refractivity contribution >= 4 is 11.7 Å². The molecule has 0 bridgehead atoms. The lowest BCUT2D eigenvalue weighted by Crippen LogP contribution is -1.98. The maximum Gasteiger partial charge on any atom is 0.373 e. The van der Waals surface area contributed by atoms with E-state index in [2.05, 4.69) is 4.98 Å². The van der Waals surface area contributed by atoms with Gasteiger partial charge in [-0.25, -0.2) is 14.2 Å². The van der Waals surface area contributed by atoms with Crippen molar-refractivity contribution in [2.45, 2.75) is 6.92 Å². The third-order valence-electron chi connectivity index (χ3n) is 2.47. The zero-order valence-corrected chi connectivity index (χ0v) is 9.89. The first-order chi connectivity index (χ1) is 9.32. The van der Waals surface area contributed by atoms with Crippen LogP contribution in [-0.4, -0.2) is 21.0 Å². The normalized spacial score (nSPS) is 10.6. The van der Waals surface area contributed by atoms with Crippen LogP contribution in [0.4, 0.5) is 14.5 Å². The number of hydrogen-bond donors (Lipinski definition) is 1. The van der Waals surface area contributed by atoms with Gasteiger partial charge in [0.15, 0.2) is 0 Å². The second kappa shape index (κ2) is 4.68. The molecule has 1 heterocycles. The molecule has 104 valence electrons. The Kier molecular flexibility index (Phi) is 3.18. The summed E-state index contributed by atoms with van der Waals surface area (Å²) in [6.07, 6.45) is 0. The van der Waals surface area contributed by atoms with Crippen LogP contribution in [0.2, 0.25) is 0 Å². The highest BCUT2D eigenvalue weighted by atomic mass is 19.1. The molecule has 0 saturated carbocycles. The number of nitrogens with zero attached hydrogens (tertiary/aromatic N) is 2. The number of hydrogen-bond acceptors (Lipinski definition) is 5. The Morgan fingerprint density at radius 1 is 1.45 bits per heavy atom. The van der Waals surface area contributed by atoms with Crippen LogP contribution in [0.3, 0.4) is 0 Å². The molecule has 9 heteroatoms. The molecule has 1 aromatic heterocycles. The molecular weight excluding hydrogens is 278 g/mol. The van der Waals surface area contributed by atoms with Gasteiger partial charge >= 0.3 is 11.7 Å². The number of nitro groups is 1. The standard InChI is InChI=1S/C11H6F2N2O5/c1-4-9(11(16)17)20-10(14-4)7-5(12)2-3-6(8(7)13)15(18)19/h2-3H,1H3,(H,16,17). The van der Waals surface area contributed by atoms with E-state index >= 15 is 0 Å². The SMILES string of the molecule is Cc1nc(-c2c(F)ccc([N+](=O)[O-])c2F)oc1C(=O)O. The summed E-state index contributed by atoms with van der Waals surface area (Å²) in [6.45, 7) is 1.27. The van der Waals surface area contributed by atoms with Gasteiger partial charge in [-0.05, 0) is 13.0 Å². The van der Waals surface area contributed by atoms with Crippen molar-refractivity contribution in [1.82, 2.24) is 4.98 Å². The van der Waals surface area contributed by atoms with Crippen LogP contribution in [0.15, 0.2) is 16.5 Å². The minimum atomic E-state index is -1.48. The van der Waals surface area contributed by atoms with Crippen molar-refractivity contribution in [3.63, 3.8) is 0 Å². The second-order valence-electron chi connectivity index (χ2n) is 3.75. The van der Waals surface area contributed by atoms with E-state index < -0.39 is 45.4 Å². The minimum absolute atomic E-state index is 0.0993. The predicted molar refractivity (Wildman–Crippen MR) is 60.2 cm³/mol. The van der Waals surface area contributed by atoms with Gasteiger partial charge in [0.25, 0.3) is 0 Å². The molecule has 0 spiro atoms. The number of aryl methyl sites for hydroxylation is 1. The largest absolute Gasteiger partial charge is 0.475 e. The number of aromatic carboxylic acids is 1. The van der Waals surface area contributed by atoms with Gasteiger partial charge in [0, 0.05) is 6.07 Å². The molecule has 0 fully saturated rings. The van der Waals surface area contributed by atoms with E-state index in [0.29, 0.717) is 12.1 Å². The maximum absolute atomic E-state index is 13.9. The van der Waals surface area contributed by atoms with E-state index in [0.717, 1.165) is 0 Å². The molecule has 0 atom stereocenters. The first kappa shape index (κ1) is 13.6. The molecule has 1 aromatic carbocycles. The van der Waals surface area contributed by atoms with Gasteiger partial charge in [0.05, 0.1) is 10.6 Å². The lowest BCUT2D eigenvalue weighted by molar-refractivity contribution is -0.387. The highest BCUT2D eigenvalue weighted by Gasteiger charge is 2.27. The number of carboxylic acid groups (broad SMARTS) is 1. The van der Waals surface area contributed by atoms with Crippen LogP contribution in [0.1, 0.15) is 16.2 Å². The van der Waals surface area contributed by atoms with Crippen molar-refractivity contribution in [3.05, 3.63) is 45.3 Å².